The molecule has 148 valence electrons. The van der Waals surface area contributed by atoms with Gasteiger partial charge in [0, 0.05) is 12.6 Å². The van der Waals surface area contributed by atoms with Crippen molar-refractivity contribution in [1.29, 1.82) is 0 Å². The van der Waals surface area contributed by atoms with E-state index in [0.717, 1.165) is 38.0 Å². The molecule has 2 aromatic carbocycles. The van der Waals surface area contributed by atoms with Crippen molar-refractivity contribution in [1.82, 2.24) is 9.88 Å². The van der Waals surface area contributed by atoms with Gasteiger partial charge >= 0.3 is 0 Å². The first kappa shape index (κ1) is 20.3. The van der Waals surface area contributed by atoms with Crippen LogP contribution in [0.4, 0.5) is 0 Å². The van der Waals surface area contributed by atoms with Gasteiger partial charge in [0.05, 0.1) is 30.4 Å². The van der Waals surface area contributed by atoms with Crippen LogP contribution in [0.25, 0.3) is 10.2 Å². The van der Waals surface area contributed by atoms with Crippen LogP contribution >= 0.6 is 11.3 Å². The maximum atomic E-state index is 12.8. The van der Waals surface area contributed by atoms with Crippen LogP contribution in [0.1, 0.15) is 29.1 Å². The number of quaternary nitrogens is 1. The average Bonchev–Trinajstić information content (AvgIpc) is 3.11. The topological polar surface area (TPSA) is 46.9 Å². The number of hydrogen-bond acceptors (Lipinski definition) is 4. The molecular weight excluding hydrogens is 370 g/mol. The van der Waals surface area contributed by atoms with Gasteiger partial charge in [-0.3, -0.25) is 4.79 Å². The Bertz CT molecular complexity index is 936. The molecule has 5 nitrogen and oxygen atoms in total. The third-order valence-corrected chi connectivity index (χ3v) is 6.23. The number of nitrogens with one attached hydrogen (secondary N) is 1. The molecule has 1 amide bonds. The molecule has 0 fully saturated rings. The fourth-order valence-electron chi connectivity index (χ4n) is 3.27. The van der Waals surface area contributed by atoms with Crippen LogP contribution in [0, 0.1) is 6.92 Å². The highest BCUT2D eigenvalue weighted by Crippen LogP contribution is 2.28. The van der Waals surface area contributed by atoms with Gasteiger partial charge < -0.3 is 14.5 Å². The first-order valence-corrected chi connectivity index (χ1v) is 10.3. The lowest BCUT2D eigenvalue weighted by Gasteiger charge is -2.25. The van der Waals surface area contributed by atoms with Gasteiger partial charge in [0.2, 0.25) is 0 Å². The van der Waals surface area contributed by atoms with Crippen molar-refractivity contribution in [3.05, 3.63) is 58.6 Å². The lowest BCUT2D eigenvalue weighted by molar-refractivity contribution is -0.885. The summed E-state index contributed by atoms with van der Waals surface area (Å²) in [6.45, 7) is 5.26. The fraction of sp³-hybridized carbons (Fsp3) is 0.364. The highest BCUT2D eigenvalue weighted by molar-refractivity contribution is 7.18. The molecule has 0 saturated heterocycles. The summed E-state index contributed by atoms with van der Waals surface area (Å²) >= 11 is 1.65. The molecule has 0 aliphatic rings. The van der Waals surface area contributed by atoms with E-state index in [-0.39, 0.29) is 11.9 Å². The van der Waals surface area contributed by atoms with Gasteiger partial charge in [-0.1, -0.05) is 23.8 Å². The van der Waals surface area contributed by atoms with Crippen molar-refractivity contribution in [3.8, 4) is 5.75 Å². The molecule has 0 spiro atoms. The number of hydrogen-bond donors (Lipinski definition) is 1. The smallest absolute Gasteiger partial charge is 0.278 e. The Morgan fingerprint density at radius 1 is 1.29 bits per heavy atom. The van der Waals surface area contributed by atoms with Crippen molar-refractivity contribution in [2.45, 2.75) is 26.4 Å². The lowest BCUT2D eigenvalue weighted by atomic mass is 10.1. The second-order valence-corrected chi connectivity index (χ2v) is 8.39. The summed E-state index contributed by atoms with van der Waals surface area (Å²) in [4.78, 5) is 20.5. The number of carbonyl (C=O) groups excluding carboxylic acids is 1. The molecule has 1 N–H and O–H groups in total. The minimum absolute atomic E-state index is 0.0498. The van der Waals surface area contributed by atoms with Gasteiger partial charge in [-0.25, -0.2) is 4.98 Å². The summed E-state index contributed by atoms with van der Waals surface area (Å²) in [5, 5.41) is 0.968. The maximum Gasteiger partial charge on any atom is 0.278 e. The van der Waals surface area contributed by atoms with Crippen molar-refractivity contribution in [2.75, 3.05) is 27.7 Å². The van der Waals surface area contributed by atoms with Crippen molar-refractivity contribution < 1.29 is 14.4 Å². The molecule has 0 aliphatic heterocycles. The Hall–Kier alpha value is -2.44. The van der Waals surface area contributed by atoms with Crippen molar-refractivity contribution >= 4 is 27.5 Å². The Morgan fingerprint density at radius 3 is 2.75 bits per heavy atom. The minimum Gasteiger partial charge on any atom is -0.496 e. The van der Waals surface area contributed by atoms with Crippen LogP contribution in [0.2, 0.25) is 0 Å². The van der Waals surface area contributed by atoms with E-state index in [9.17, 15) is 4.79 Å². The molecule has 0 radical (unpaired) electrons. The zero-order valence-electron chi connectivity index (χ0n) is 17.2. The van der Waals surface area contributed by atoms with Crippen LogP contribution in [-0.2, 0) is 11.3 Å². The average molecular weight is 399 g/mol. The molecule has 2 atom stereocenters. The fourth-order valence-corrected chi connectivity index (χ4v) is 4.33. The van der Waals surface area contributed by atoms with Gasteiger partial charge in [0.15, 0.2) is 6.54 Å². The van der Waals surface area contributed by atoms with Crippen molar-refractivity contribution in [2.24, 2.45) is 0 Å². The van der Waals surface area contributed by atoms with Gasteiger partial charge in [-0.15, -0.1) is 11.3 Å². The van der Waals surface area contributed by atoms with E-state index in [0.29, 0.717) is 6.54 Å². The van der Waals surface area contributed by atoms with E-state index in [1.54, 1.807) is 23.3 Å². The number of benzene rings is 2. The highest BCUT2D eigenvalue weighted by atomic mass is 32.1. The number of ether oxygens (including phenoxy) is 1. The number of amides is 1. The van der Waals surface area contributed by atoms with Gasteiger partial charge in [0.25, 0.3) is 5.91 Å². The molecule has 0 bridgehead atoms. The Labute approximate surface area is 170 Å². The summed E-state index contributed by atoms with van der Waals surface area (Å²) in [6.07, 6.45) is 0. The van der Waals surface area contributed by atoms with E-state index in [4.69, 9.17) is 9.72 Å². The number of nitrogens with zero attached hydrogens (tertiary/aromatic N) is 2. The minimum atomic E-state index is -0.0498. The van der Waals surface area contributed by atoms with E-state index in [1.165, 1.54) is 5.56 Å². The third kappa shape index (κ3) is 4.51. The first-order chi connectivity index (χ1) is 13.4. The van der Waals surface area contributed by atoms with Crippen molar-refractivity contribution in [3.63, 3.8) is 0 Å². The van der Waals surface area contributed by atoms with Crippen LogP contribution in [0.5, 0.6) is 5.75 Å². The quantitative estimate of drug-likeness (QED) is 0.666. The Balaban J connectivity index is 1.65. The first-order valence-electron chi connectivity index (χ1n) is 9.45. The zero-order valence-corrected chi connectivity index (χ0v) is 18.0. The van der Waals surface area contributed by atoms with Crippen LogP contribution < -0.4 is 9.64 Å². The third-order valence-electron chi connectivity index (χ3n) is 5.02. The maximum absolute atomic E-state index is 12.8. The molecule has 0 aliphatic carbocycles. The van der Waals surface area contributed by atoms with E-state index in [1.807, 2.05) is 51.4 Å². The SMILES string of the molecule is COc1ccc(C)cc1C[NH+](C)CC(=O)N(C)[C@H](C)c1nc2ccccc2s1. The number of aryl methyl sites for hydroxylation is 1. The van der Waals surface area contributed by atoms with E-state index in [2.05, 4.69) is 19.1 Å². The number of aromatic nitrogens is 1. The molecule has 1 heterocycles. The Kier molecular flexibility index (Phi) is 6.31. The Morgan fingerprint density at radius 2 is 2.04 bits per heavy atom. The highest BCUT2D eigenvalue weighted by Gasteiger charge is 2.23. The van der Waals surface area contributed by atoms with Gasteiger partial charge in [-0.05, 0) is 38.1 Å². The second kappa shape index (κ2) is 8.71. The van der Waals surface area contributed by atoms with Crippen LogP contribution in [0.3, 0.4) is 0 Å². The van der Waals surface area contributed by atoms with Crippen LogP contribution in [-0.4, -0.2) is 43.5 Å². The molecule has 28 heavy (non-hydrogen) atoms. The summed E-state index contributed by atoms with van der Waals surface area (Å²) in [7, 11) is 5.58. The number of carbonyl (C=O) groups is 1. The molecule has 3 rings (SSSR count). The summed E-state index contributed by atoms with van der Waals surface area (Å²) < 4.78 is 6.62. The normalized spacial score (nSPS) is 13.3. The zero-order chi connectivity index (χ0) is 20.3. The molecular formula is C22H28N3O2S+. The summed E-state index contributed by atoms with van der Waals surface area (Å²) in [5.74, 6) is 0.976. The van der Waals surface area contributed by atoms with E-state index < -0.39 is 0 Å². The number of methoxy groups -OCH3 is 1. The monoisotopic (exact) mass is 398 g/mol. The number of likely N-dealkylation sites (N-methyl/N-ethyl adjacent to an activating group) is 2. The number of rotatable bonds is 7. The lowest BCUT2D eigenvalue weighted by Crippen LogP contribution is -3.08. The number of fused-ring (bicyclic) bond motifs is 1. The molecule has 0 saturated carbocycles. The summed E-state index contributed by atoms with van der Waals surface area (Å²) in [5.41, 5.74) is 3.30. The summed E-state index contributed by atoms with van der Waals surface area (Å²) in [6, 6.07) is 14.2. The van der Waals surface area contributed by atoms with Crippen LogP contribution in [0.15, 0.2) is 42.5 Å². The predicted octanol–water partition coefficient (Wildman–Crippen LogP) is 2.85. The van der Waals surface area contributed by atoms with Gasteiger partial charge in [0.1, 0.15) is 17.3 Å². The van der Waals surface area contributed by atoms with Gasteiger partial charge in [-0.2, -0.15) is 0 Å². The molecule has 1 unspecified atom stereocenters. The largest absolute Gasteiger partial charge is 0.496 e. The molecule has 3 aromatic rings. The number of para-hydroxylation sites is 1. The van der Waals surface area contributed by atoms with E-state index >= 15 is 0 Å². The molecule has 1 aromatic heterocycles. The second-order valence-electron chi connectivity index (χ2n) is 7.33. The molecule has 6 heteroatoms. The standard InChI is InChI=1S/C22H27N3O2S/c1-15-10-11-19(27-5)17(12-15)13-24(3)14-21(26)25(4)16(2)22-23-18-8-6-7-9-20(18)28-22/h6-12,16H,13-14H2,1-5H3/p+1/t16-/m1/s1. The predicted molar refractivity (Wildman–Crippen MR) is 114 cm³/mol. The number of thiazole rings is 1.